The molecule has 1 unspecified atom stereocenters. The van der Waals surface area contributed by atoms with E-state index in [1.165, 1.54) is 33.6 Å². The van der Waals surface area contributed by atoms with E-state index in [9.17, 15) is 0 Å². The molecule has 0 saturated carbocycles. The molecule has 0 fully saturated rings. The molecule has 0 aromatic heterocycles. The van der Waals surface area contributed by atoms with E-state index in [1.807, 2.05) is 0 Å². The first-order valence-corrected chi connectivity index (χ1v) is 14.6. The van der Waals surface area contributed by atoms with Gasteiger partial charge in [-0.1, -0.05) is 133 Å². The van der Waals surface area contributed by atoms with Crippen molar-refractivity contribution >= 4 is 17.1 Å². The third-order valence-electron chi connectivity index (χ3n) is 8.80. The lowest BCUT2D eigenvalue weighted by Gasteiger charge is -2.45. The fourth-order valence-electron chi connectivity index (χ4n) is 6.87. The first-order chi connectivity index (χ1) is 20.6. The zero-order valence-corrected chi connectivity index (χ0v) is 24.1. The van der Waals surface area contributed by atoms with Crippen LogP contribution in [0.1, 0.15) is 23.6 Å². The predicted molar refractivity (Wildman–Crippen MR) is 176 cm³/mol. The fourth-order valence-corrected chi connectivity index (χ4v) is 6.87. The van der Waals surface area contributed by atoms with E-state index < -0.39 is 11.0 Å². The minimum absolute atomic E-state index is 0.438. The molecule has 2 heteroatoms. The van der Waals surface area contributed by atoms with Crippen LogP contribution < -0.4 is 9.80 Å². The molecule has 42 heavy (non-hydrogen) atoms. The van der Waals surface area contributed by atoms with Crippen LogP contribution in [0.2, 0.25) is 0 Å². The van der Waals surface area contributed by atoms with Crippen LogP contribution in [0.3, 0.4) is 0 Å². The monoisotopic (exact) mass is 542 g/mol. The van der Waals surface area contributed by atoms with E-state index in [0.29, 0.717) is 0 Å². The van der Waals surface area contributed by atoms with Crippen molar-refractivity contribution in [2.24, 2.45) is 0 Å². The van der Waals surface area contributed by atoms with Gasteiger partial charge in [0.2, 0.25) is 0 Å². The molecular formula is C40H34N2. The van der Waals surface area contributed by atoms with Gasteiger partial charge < -0.3 is 9.80 Å². The van der Waals surface area contributed by atoms with E-state index in [0.717, 1.165) is 11.4 Å². The Labute approximate surface area is 249 Å². The van der Waals surface area contributed by atoms with Crippen LogP contribution in [0, 0.1) is 0 Å². The second kappa shape index (κ2) is 10.4. The average Bonchev–Trinajstić information content (AvgIpc) is 3.23. The number of rotatable bonds is 5. The molecule has 1 aliphatic heterocycles. The minimum Gasteiger partial charge on any atom is -0.344 e. The number of para-hydroxylation sites is 3. The summed E-state index contributed by atoms with van der Waals surface area (Å²) in [6.45, 7) is 2.30. The maximum Gasteiger partial charge on any atom is 0.0795 e. The molecule has 0 amide bonds. The highest BCUT2D eigenvalue weighted by Crippen LogP contribution is 2.54. The molecule has 0 spiro atoms. The van der Waals surface area contributed by atoms with Gasteiger partial charge in [-0.2, -0.15) is 0 Å². The maximum atomic E-state index is 2.43. The molecule has 0 saturated heterocycles. The third-order valence-corrected chi connectivity index (χ3v) is 8.80. The highest BCUT2D eigenvalue weighted by Gasteiger charge is 2.46. The normalized spacial score (nSPS) is 18.7. The first kappa shape index (κ1) is 25.9. The zero-order chi connectivity index (χ0) is 28.6. The molecule has 1 heterocycles. The summed E-state index contributed by atoms with van der Waals surface area (Å²) in [7, 11) is 2.20. The van der Waals surface area contributed by atoms with Crippen molar-refractivity contribution in [2.45, 2.75) is 17.9 Å². The van der Waals surface area contributed by atoms with Crippen LogP contribution in [-0.4, -0.2) is 12.6 Å². The Balaban J connectivity index is 1.50. The smallest absolute Gasteiger partial charge is 0.0795 e. The van der Waals surface area contributed by atoms with Crippen LogP contribution in [-0.2, 0) is 5.41 Å². The van der Waals surface area contributed by atoms with Crippen LogP contribution in [0.25, 0.3) is 0 Å². The van der Waals surface area contributed by atoms with E-state index in [2.05, 4.69) is 194 Å². The van der Waals surface area contributed by atoms with Crippen molar-refractivity contribution in [2.75, 3.05) is 16.8 Å². The number of likely N-dealkylation sites (N-methyl/N-ethyl adjacent to an activating group) is 1. The zero-order valence-electron chi connectivity index (χ0n) is 24.1. The number of anilines is 3. The minimum atomic E-state index is -0.489. The third kappa shape index (κ3) is 4.02. The average molecular weight is 543 g/mol. The van der Waals surface area contributed by atoms with Gasteiger partial charge in [-0.3, -0.25) is 0 Å². The molecular weight excluding hydrogens is 508 g/mol. The number of benzene rings is 5. The quantitative estimate of drug-likeness (QED) is 0.218. The molecule has 5 aromatic carbocycles. The molecule has 0 bridgehead atoms. The van der Waals surface area contributed by atoms with Crippen LogP contribution in [0.4, 0.5) is 17.1 Å². The molecule has 2 aliphatic rings. The summed E-state index contributed by atoms with van der Waals surface area (Å²) in [5.41, 5.74) is 8.85. The maximum absolute atomic E-state index is 2.43. The van der Waals surface area contributed by atoms with Gasteiger partial charge in [0.15, 0.2) is 0 Å². The second-order valence-electron chi connectivity index (χ2n) is 11.3. The lowest BCUT2D eigenvalue weighted by atomic mass is 9.62. The summed E-state index contributed by atoms with van der Waals surface area (Å²) < 4.78 is 0. The molecule has 1 atom stereocenters. The summed E-state index contributed by atoms with van der Waals surface area (Å²) >= 11 is 0. The molecule has 204 valence electrons. The number of nitrogens with zero attached hydrogens (tertiary/aromatic N) is 2. The Hall–Kier alpha value is -5.08. The Morgan fingerprint density at radius 2 is 0.976 bits per heavy atom. The first-order valence-electron chi connectivity index (χ1n) is 14.6. The second-order valence-corrected chi connectivity index (χ2v) is 11.3. The predicted octanol–water partition coefficient (Wildman–Crippen LogP) is 9.45. The van der Waals surface area contributed by atoms with Crippen molar-refractivity contribution in [3.8, 4) is 0 Å². The van der Waals surface area contributed by atoms with Crippen molar-refractivity contribution in [3.63, 3.8) is 0 Å². The van der Waals surface area contributed by atoms with Crippen molar-refractivity contribution < 1.29 is 0 Å². The lowest BCUT2D eigenvalue weighted by molar-refractivity contribution is 0.696. The molecule has 0 radical (unpaired) electrons. The SMILES string of the molecule is CN1C2=C(C=CC(C)(N(c3ccccc3)c3ccccc3)C=C2)C(c2ccccc2)(c2ccccc2)c2ccccc21. The topological polar surface area (TPSA) is 6.48 Å². The van der Waals surface area contributed by atoms with Gasteiger partial charge in [-0.05, 0) is 65.6 Å². The summed E-state index contributed by atoms with van der Waals surface area (Å²) in [6.07, 6.45) is 9.47. The fraction of sp³-hybridized carbons (Fsp3) is 0.100. The number of hydrogen-bond acceptors (Lipinski definition) is 2. The number of hydrogen-bond donors (Lipinski definition) is 0. The van der Waals surface area contributed by atoms with Gasteiger partial charge in [0.05, 0.1) is 11.0 Å². The Morgan fingerprint density at radius 1 is 0.524 bits per heavy atom. The standard InChI is InChI=1S/C40H34N2/c1-39(42(33-21-11-5-12-22-33)34-23-13-6-14-24-34)29-27-36-38(28-30-39)41(2)37-26-16-15-25-35(37)40(36,31-17-7-3-8-18-31)32-19-9-4-10-20-32/h3-30H,1-2H3. The highest BCUT2D eigenvalue weighted by molar-refractivity contribution is 5.79. The van der Waals surface area contributed by atoms with Crippen molar-refractivity contribution in [1.82, 2.24) is 0 Å². The van der Waals surface area contributed by atoms with Crippen LogP contribution >= 0.6 is 0 Å². The van der Waals surface area contributed by atoms with Crippen LogP contribution in [0.5, 0.6) is 0 Å². The summed E-state index contributed by atoms with van der Waals surface area (Å²) in [6, 6.07) is 52.2. The lowest BCUT2D eigenvalue weighted by Crippen LogP contribution is -2.40. The largest absolute Gasteiger partial charge is 0.344 e. The van der Waals surface area contributed by atoms with Crippen molar-refractivity contribution in [3.05, 3.63) is 198 Å². The molecule has 7 rings (SSSR count). The van der Waals surface area contributed by atoms with Gasteiger partial charge in [0.25, 0.3) is 0 Å². The van der Waals surface area contributed by atoms with Gasteiger partial charge in [-0.15, -0.1) is 0 Å². The van der Waals surface area contributed by atoms with E-state index in [1.54, 1.807) is 0 Å². The molecule has 0 N–H and O–H groups in total. The number of fused-ring (bicyclic) bond motifs is 1. The van der Waals surface area contributed by atoms with Gasteiger partial charge in [0, 0.05) is 29.8 Å². The highest BCUT2D eigenvalue weighted by atomic mass is 15.2. The molecule has 2 nitrogen and oxygen atoms in total. The van der Waals surface area contributed by atoms with E-state index in [-0.39, 0.29) is 0 Å². The molecule has 1 aliphatic carbocycles. The summed E-state index contributed by atoms with van der Waals surface area (Å²) in [5, 5.41) is 0. The van der Waals surface area contributed by atoms with Gasteiger partial charge in [-0.25, -0.2) is 0 Å². The van der Waals surface area contributed by atoms with Crippen LogP contribution in [0.15, 0.2) is 181 Å². The Bertz CT molecular complexity index is 1710. The summed E-state index contributed by atoms with van der Waals surface area (Å²) in [5.74, 6) is 0. The molecule has 5 aromatic rings. The van der Waals surface area contributed by atoms with Gasteiger partial charge >= 0.3 is 0 Å². The van der Waals surface area contributed by atoms with E-state index in [4.69, 9.17) is 0 Å². The summed E-state index contributed by atoms with van der Waals surface area (Å²) in [4.78, 5) is 4.79. The Morgan fingerprint density at radius 3 is 1.52 bits per heavy atom. The Kier molecular flexibility index (Phi) is 6.40. The van der Waals surface area contributed by atoms with E-state index >= 15 is 0 Å². The number of allylic oxidation sites excluding steroid dienone is 3. The van der Waals surface area contributed by atoms with Gasteiger partial charge in [0.1, 0.15) is 0 Å². The van der Waals surface area contributed by atoms with Crippen molar-refractivity contribution in [1.29, 1.82) is 0 Å².